The maximum Gasteiger partial charge on any atom is 0.262 e. The minimum atomic E-state index is -0.273. The number of amides is 2. The van der Waals surface area contributed by atoms with E-state index in [2.05, 4.69) is 26.6 Å². The molecule has 0 fully saturated rings. The zero-order chi connectivity index (χ0) is 16.1. The molecule has 1 aromatic heterocycles. The van der Waals surface area contributed by atoms with Gasteiger partial charge in [-0.2, -0.15) is 0 Å². The van der Waals surface area contributed by atoms with Gasteiger partial charge in [0.15, 0.2) is 0 Å². The third-order valence-electron chi connectivity index (χ3n) is 2.70. The number of rotatable bonds is 5. The smallest absolute Gasteiger partial charge is 0.262 e. The van der Waals surface area contributed by atoms with E-state index in [0.29, 0.717) is 33.6 Å². The SMILES string of the molecule is O=C(NCCNC(=O)c1sccc1Br)c1ccc(Cl)c(Cl)c1. The van der Waals surface area contributed by atoms with Crippen LogP contribution in [0.1, 0.15) is 20.0 Å². The second-order valence-corrected chi connectivity index (χ2v) is 6.82. The number of nitrogens with one attached hydrogen (secondary N) is 2. The maximum atomic E-state index is 11.9. The van der Waals surface area contributed by atoms with Crippen molar-refractivity contribution < 1.29 is 9.59 Å². The second kappa shape index (κ2) is 7.97. The fraction of sp³-hybridized carbons (Fsp3) is 0.143. The van der Waals surface area contributed by atoms with Crippen molar-refractivity contribution in [3.05, 3.63) is 54.6 Å². The minimum absolute atomic E-state index is 0.175. The van der Waals surface area contributed by atoms with Gasteiger partial charge in [0, 0.05) is 23.1 Å². The molecule has 8 heteroatoms. The van der Waals surface area contributed by atoms with Gasteiger partial charge in [0.1, 0.15) is 4.88 Å². The Morgan fingerprint density at radius 3 is 2.32 bits per heavy atom. The lowest BCUT2D eigenvalue weighted by Crippen LogP contribution is -2.34. The lowest BCUT2D eigenvalue weighted by molar-refractivity contribution is 0.0929. The fourth-order valence-electron chi connectivity index (χ4n) is 1.63. The highest BCUT2D eigenvalue weighted by Gasteiger charge is 2.11. The molecule has 0 aliphatic rings. The van der Waals surface area contributed by atoms with E-state index >= 15 is 0 Å². The van der Waals surface area contributed by atoms with Crippen LogP contribution < -0.4 is 10.6 Å². The van der Waals surface area contributed by atoms with E-state index < -0.39 is 0 Å². The lowest BCUT2D eigenvalue weighted by Gasteiger charge is -2.07. The highest BCUT2D eigenvalue weighted by molar-refractivity contribution is 9.10. The van der Waals surface area contributed by atoms with E-state index in [9.17, 15) is 9.59 Å². The molecule has 0 saturated heterocycles. The van der Waals surface area contributed by atoms with Crippen LogP contribution in [0.15, 0.2) is 34.1 Å². The highest BCUT2D eigenvalue weighted by atomic mass is 79.9. The molecule has 0 saturated carbocycles. The van der Waals surface area contributed by atoms with Gasteiger partial charge in [-0.1, -0.05) is 23.2 Å². The number of thiophene rings is 1. The van der Waals surface area contributed by atoms with Crippen LogP contribution in [0.5, 0.6) is 0 Å². The summed E-state index contributed by atoms with van der Waals surface area (Å²) in [6.45, 7) is 0.643. The quantitative estimate of drug-likeness (QED) is 0.717. The van der Waals surface area contributed by atoms with Gasteiger partial charge in [-0.25, -0.2) is 0 Å². The number of halogens is 3. The molecule has 0 aliphatic heterocycles. The highest BCUT2D eigenvalue weighted by Crippen LogP contribution is 2.23. The average Bonchev–Trinajstić information content (AvgIpc) is 2.92. The normalized spacial score (nSPS) is 10.3. The standard InChI is InChI=1S/C14H11BrCl2N2O2S/c15-9-3-6-22-12(9)14(21)19-5-4-18-13(20)8-1-2-10(16)11(17)7-8/h1-3,6-7H,4-5H2,(H,18,20)(H,19,21). The average molecular weight is 422 g/mol. The Morgan fingerprint density at radius 2 is 1.73 bits per heavy atom. The largest absolute Gasteiger partial charge is 0.350 e. The molecule has 0 atom stereocenters. The van der Waals surface area contributed by atoms with E-state index in [1.807, 2.05) is 11.4 Å². The Balaban J connectivity index is 1.79. The van der Waals surface area contributed by atoms with Gasteiger partial charge < -0.3 is 10.6 Å². The van der Waals surface area contributed by atoms with Crippen LogP contribution in [-0.4, -0.2) is 24.9 Å². The molecule has 0 radical (unpaired) electrons. The molecule has 0 aliphatic carbocycles. The lowest BCUT2D eigenvalue weighted by atomic mass is 10.2. The molecule has 2 N–H and O–H groups in total. The van der Waals surface area contributed by atoms with Crippen molar-refractivity contribution in [2.45, 2.75) is 0 Å². The molecule has 0 spiro atoms. The van der Waals surface area contributed by atoms with Crippen molar-refractivity contribution in [1.29, 1.82) is 0 Å². The van der Waals surface area contributed by atoms with Gasteiger partial charge in [-0.3, -0.25) is 9.59 Å². The van der Waals surface area contributed by atoms with Gasteiger partial charge in [-0.05, 0) is 45.6 Å². The molecule has 1 heterocycles. The zero-order valence-corrected chi connectivity index (χ0v) is 15.1. The summed E-state index contributed by atoms with van der Waals surface area (Å²) < 4.78 is 0.759. The fourth-order valence-corrected chi connectivity index (χ4v) is 3.39. The first kappa shape index (κ1) is 17.3. The Bertz CT molecular complexity index is 706. The molecule has 2 rings (SSSR count). The van der Waals surface area contributed by atoms with E-state index in [0.717, 1.165) is 4.47 Å². The summed E-state index contributed by atoms with van der Waals surface area (Å²) in [5.74, 6) is -0.448. The second-order valence-electron chi connectivity index (χ2n) is 4.24. The summed E-state index contributed by atoms with van der Waals surface area (Å²) in [5, 5.41) is 7.97. The van der Waals surface area contributed by atoms with E-state index in [1.54, 1.807) is 12.1 Å². The van der Waals surface area contributed by atoms with Crippen molar-refractivity contribution in [2.24, 2.45) is 0 Å². The first-order chi connectivity index (χ1) is 10.5. The molecule has 0 bridgehead atoms. The van der Waals surface area contributed by atoms with E-state index in [1.165, 1.54) is 17.4 Å². The van der Waals surface area contributed by atoms with Crippen molar-refractivity contribution >= 4 is 62.3 Å². The Morgan fingerprint density at radius 1 is 1.05 bits per heavy atom. The van der Waals surface area contributed by atoms with Crippen molar-refractivity contribution in [2.75, 3.05) is 13.1 Å². The molecule has 2 amide bonds. The van der Waals surface area contributed by atoms with Crippen LogP contribution in [0.25, 0.3) is 0 Å². The van der Waals surface area contributed by atoms with Crippen molar-refractivity contribution in [1.82, 2.24) is 10.6 Å². The first-order valence-electron chi connectivity index (χ1n) is 6.23. The van der Waals surface area contributed by atoms with Gasteiger partial charge in [0.05, 0.1) is 10.0 Å². The van der Waals surface area contributed by atoms with Gasteiger partial charge in [0.2, 0.25) is 0 Å². The van der Waals surface area contributed by atoms with Crippen LogP contribution in [0.4, 0.5) is 0 Å². The molecule has 4 nitrogen and oxygen atoms in total. The summed E-state index contributed by atoms with van der Waals surface area (Å²) in [6.07, 6.45) is 0. The van der Waals surface area contributed by atoms with Gasteiger partial charge >= 0.3 is 0 Å². The summed E-state index contributed by atoms with van der Waals surface area (Å²) in [6, 6.07) is 6.46. The third-order valence-corrected chi connectivity index (χ3v) is 5.28. The Kier molecular flexibility index (Phi) is 6.26. The monoisotopic (exact) mass is 420 g/mol. The summed E-state index contributed by atoms with van der Waals surface area (Å²) >= 11 is 16.3. The van der Waals surface area contributed by atoms with Crippen LogP contribution >= 0.6 is 50.5 Å². The van der Waals surface area contributed by atoms with Crippen LogP contribution in [0.2, 0.25) is 10.0 Å². The minimum Gasteiger partial charge on any atom is -0.350 e. The molecular weight excluding hydrogens is 411 g/mol. The third kappa shape index (κ3) is 4.46. The van der Waals surface area contributed by atoms with Crippen molar-refractivity contribution in [3.8, 4) is 0 Å². The van der Waals surface area contributed by atoms with Gasteiger partial charge in [0.25, 0.3) is 11.8 Å². The first-order valence-corrected chi connectivity index (χ1v) is 8.66. The number of hydrogen-bond acceptors (Lipinski definition) is 3. The molecule has 116 valence electrons. The van der Waals surface area contributed by atoms with E-state index in [4.69, 9.17) is 23.2 Å². The van der Waals surface area contributed by atoms with Crippen LogP contribution in [0.3, 0.4) is 0 Å². The predicted molar refractivity (Wildman–Crippen MR) is 93.1 cm³/mol. The molecule has 22 heavy (non-hydrogen) atoms. The molecule has 0 unspecified atom stereocenters. The molecule has 1 aromatic carbocycles. The topological polar surface area (TPSA) is 58.2 Å². The van der Waals surface area contributed by atoms with Crippen molar-refractivity contribution in [3.63, 3.8) is 0 Å². The summed E-state index contributed by atoms with van der Waals surface area (Å²) in [7, 11) is 0. The number of benzene rings is 1. The van der Waals surface area contributed by atoms with Gasteiger partial charge in [-0.15, -0.1) is 11.3 Å². The van der Waals surface area contributed by atoms with E-state index in [-0.39, 0.29) is 11.8 Å². The van der Waals surface area contributed by atoms with Crippen LogP contribution in [0, 0.1) is 0 Å². The Hall–Kier alpha value is -1.08. The molecular formula is C14H11BrCl2N2O2S. The number of hydrogen-bond donors (Lipinski definition) is 2. The summed E-state index contributed by atoms with van der Waals surface area (Å²) in [5.41, 5.74) is 0.418. The Labute approximate surface area is 149 Å². The number of carbonyl (C=O) groups excluding carboxylic acids is 2. The number of carbonyl (C=O) groups is 2. The predicted octanol–water partition coefficient (Wildman–Crippen LogP) is 3.98. The van der Waals surface area contributed by atoms with Crippen LogP contribution in [-0.2, 0) is 0 Å². The maximum absolute atomic E-state index is 11.9. The molecule has 2 aromatic rings. The summed E-state index contributed by atoms with van der Waals surface area (Å²) in [4.78, 5) is 24.4. The zero-order valence-electron chi connectivity index (χ0n) is 11.2.